The molecule has 1 atom stereocenters. The van der Waals surface area contributed by atoms with Crippen LogP contribution in [-0.4, -0.2) is 23.8 Å². The summed E-state index contributed by atoms with van der Waals surface area (Å²) in [5.41, 5.74) is 5.37. The van der Waals surface area contributed by atoms with E-state index in [0.717, 1.165) is 12.8 Å². The van der Waals surface area contributed by atoms with Crippen LogP contribution in [0.1, 0.15) is 116 Å². The predicted molar refractivity (Wildman–Crippen MR) is 214 cm³/mol. The Bertz CT molecular complexity index is 1610. The van der Waals surface area contributed by atoms with E-state index in [4.69, 9.17) is 51.1 Å². The van der Waals surface area contributed by atoms with Gasteiger partial charge in [0, 0.05) is 10.7 Å². The molecule has 0 bridgehead atoms. The fourth-order valence-electron chi connectivity index (χ4n) is 6.10. The van der Waals surface area contributed by atoms with Gasteiger partial charge in [-0.15, -0.1) is 0 Å². The molecule has 1 unspecified atom stereocenters. The van der Waals surface area contributed by atoms with Crippen molar-refractivity contribution in [2.45, 2.75) is 123 Å². The molecule has 2 N–H and O–H groups in total. The fraction of sp³-hybridized carbons (Fsp3) is 0.475. The predicted octanol–water partition coefficient (Wildman–Crippen LogP) is 12.7. The van der Waals surface area contributed by atoms with Gasteiger partial charge in [-0.3, -0.25) is 15.0 Å². The number of aliphatic imine (C=N–C) groups is 1. The van der Waals surface area contributed by atoms with Gasteiger partial charge in [0.15, 0.2) is 6.10 Å². The van der Waals surface area contributed by atoms with E-state index in [9.17, 15) is 9.59 Å². The van der Waals surface area contributed by atoms with Crippen molar-refractivity contribution in [1.29, 1.82) is 0 Å². The van der Waals surface area contributed by atoms with Crippen LogP contribution in [-0.2, 0) is 16.0 Å². The van der Waals surface area contributed by atoms with Gasteiger partial charge < -0.3 is 10.1 Å². The first-order valence-electron chi connectivity index (χ1n) is 18.4. The molecule has 1 aliphatic rings. The molecule has 3 aromatic carbocycles. The summed E-state index contributed by atoms with van der Waals surface area (Å²) in [6.45, 7) is 4.18. The minimum Gasteiger partial charge on any atom is -0.481 e. The number of benzene rings is 3. The third-order valence-electron chi connectivity index (χ3n) is 8.89. The second kappa shape index (κ2) is 21.5. The van der Waals surface area contributed by atoms with Crippen molar-refractivity contribution in [3.8, 4) is 5.75 Å². The van der Waals surface area contributed by atoms with Crippen molar-refractivity contribution in [3.05, 3.63) is 80.3 Å². The number of carbonyl (C=O) groups is 2. The standard InChI is InChI=1S/C40H50Cl4N4O3/c1-3-5-6-7-8-9-10-11-12-13-14-15-16-18-28-19-17-20-31(23-28)51-36(4-2)40(50)45-30-21-22-35(32(42)26-30)46-37-27-38(49)48(47-37)39-33(43)24-29(41)25-34(39)44/h17,19-26,36H,3-16,18,27H2,1-2H3,(H,45,50)(H,46,47). The summed E-state index contributed by atoms with van der Waals surface area (Å²) in [6.07, 6.45) is 18.2. The molecule has 0 aliphatic carbocycles. The highest BCUT2D eigenvalue weighted by atomic mass is 35.5. The monoisotopic (exact) mass is 774 g/mol. The smallest absolute Gasteiger partial charge is 0.265 e. The highest BCUT2D eigenvalue weighted by Crippen LogP contribution is 2.37. The number of anilines is 2. The zero-order valence-corrected chi connectivity index (χ0v) is 32.7. The number of hydrogen-bond donors (Lipinski definition) is 2. The van der Waals surface area contributed by atoms with E-state index in [1.165, 1.54) is 99.8 Å². The molecule has 11 heteroatoms. The van der Waals surface area contributed by atoms with Gasteiger partial charge in [-0.05, 0) is 67.3 Å². The average molecular weight is 777 g/mol. The van der Waals surface area contributed by atoms with Crippen LogP contribution < -0.4 is 20.5 Å². The first kappa shape index (κ1) is 40.8. The number of carbonyl (C=O) groups excluding carboxylic acids is 2. The Morgan fingerprint density at radius 2 is 1.45 bits per heavy atom. The molecule has 1 fully saturated rings. The Balaban J connectivity index is 1.21. The number of hydrogen-bond acceptors (Lipinski definition) is 4. The molecule has 2 amide bonds. The topological polar surface area (TPSA) is 83.0 Å². The lowest BCUT2D eigenvalue weighted by atomic mass is 10.0. The second-order valence-electron chi connectivity index (χ2n) is 13.1. The summed E-state index contributed by atoms with van der Waals surface area (Å²) in [4.78, 5) is 30.5. The first-order valence-corrected chi connectivity index (χ1v) is 19.9. The van der Waals surface area contributed by atoms with Crippen molar-refractivity contribution >= 4 is 81.1 Å². The second-order valence-corrected chi connectivity index (χ2v) is 14.8. The number of amidine groups is 1. The van der Waals surface area contributed by atoms with Crippen LogP contribution >= 0.6 is 46.4 Å². The molecule has 276 valence electrons. The zero-order chi connectivity index (χ0) is 36.6. The number of halogens is 4. The number of ether oxygens (including phenoxy) is 1. The lowest BCUT2D eigenvalue weighted by Gasteiger charge is -2.19. The van der Waals surface area contributed by atoms with Gasteiger partial charge in [-0.1, -0.05) is 149 Å². The molecule has 3 aromatic rings. The van der Waals surface area contributed by atoms with E-state index < -0.39 is 6.10 Å². The molecule has 0 aromatic heterocycles. The number of rotatable bonds is 21. The van der Waals surface area contributed by atoms with E-state index in [2.05, 4.69) is 28.7 Å². The SMILES string of the molecule is CCCCCCCCCCCCCCCc1cccc(OC(CC)C(=O)Nc2ccc(N=C3CC(=O)N(c4c(Cl)cc(Cl)cc4Cl)N3)c(Cl)c2)c1. The van der Waals surface area contributed by atoms with E-state index in [1.807, 2.05) is 25.1 Å². The van der Waals surface area contributed by atoms with E-state index >= 15 is 0 Å². The Kier molecular flexibility index (Phi) is 17.2. The molecule has 0 saturated carbocycles. The van der Waals surface area contributed by atoms with E-state index in [1.54, 1.807) is 18.2 Å². The molecule has 51 heavy (non-hydrogen) atoms. The van der Waals surface area contributed by atoms with Crippen LogP contribution in [0.5, 0.6) is 5.75 Å². The minimum absolute atomic E-state index is 0.0137. The van der Waals surface area contributed by atoms with Gasteiger partial charge in [0.2, 0.25) is 0 Å². The molecule has 1 aliphatic heterocycles. The van der Waals surface area contributed by atoms with Crippen LogP contribution in [0.2, 0.25) is 20.1 Å². The van der Waals surface area contributed by atoms with Crippen molar-refractivity contribution in [3.63, 3.8) is 0 Å². The van der Waals surface area contributed by atoms with Crippen LogP contribution in [0.25, 0.3) is 0 Å². The lowest BCUT2D eigenvalue weighted by molar-refractivity contribution is -0.122. The van der Waals surface area contributed by atoms with Gasteiger partial charge in [-0.2, -0.15) is 0 Å². The summed E-state index contributed by atoms with van der Waals surface area (Å²) < 4.78 is 6.14. The zero-order valence-electron chi connectivity index (χ0n) is 29.7. The van der Waals surface area contributed by atoms with Crippen molar-refractivity contribution in [2.24, 2.45) is 4.99 Å². The summed E-state index contributed by atoms with van der Waals surface area (Å²) >= 11 is 25.2. The summed E-state index contributed by atoms with van der Waals surface area (Å²) in [5, 5.41) is 5.24. The third kappa shape index (κ3) is 13.2. The molecule has 7 nitrogen and oxygen atoms in total. The van der Waals surface area contributed by atoms with E-state index in [-0.39, 0.29) is 34.0 Å². The van der Waals surface area contributed by atoms with Crippen LogP contribution in [0, 0.1) is 0 Å². The Hall–Kier alpha value is -2.97. The third-order valence-corrected chi connectivity index (χ3v) is 9.99. The van der Waals surface area contributed by atoms with Crippen LogP contribution in [0.15, 0.2) is 59.6 Å². The largest absolute Gasteiger partial charge is 0.481 e. The number of amides is 2. The average Bonchev–Trinajstić information content (AvgIpc) is 3.45. The molecular weight excluding hydrogens is 726 g/mol. The van der Waals surface area contributed by atoms with Gasteiger partial charge in [0.25, 0.3) is 11.8 Å². The molecular formula is C40H50Cl4N4O3. The maximum atomic E-state index is 13.2. The van der Waals surface area contributed by atoms with Crippen molar-refractivity contribution in [2.75, 3.05) is 10.3 Å². The van der Waals surface area contributed by atoms with E-state index in [0.29, 0.717) is 39.4 Å². The Labute approximate surface area is 323 Å². The molecule has 1 saturated heterocycles. The lowest BCUT2D eigenvalue weighted by Crippen LogP contribution is -2.36. The Morgan fingerprint density at radius 1 is 0.824 bits per heavy atom. The first-order chi connectivity index (χ1) is 24.7. The van der Waals surface area contributed by atoms with Crippen LogP contribution in [0.3, 0.4) is 0 Å². The summed E-state index contributed by atoms with van der Waals surface area (Å²) in [6, 6.07) is 16.0. The molecule has 0 radical (unpaired) electrons. The molecule has 0 spiro atoms. The highest BCUT2D eigenvalue weighted by Gasteiger charge is 2.30. The number of nitrogens with one attached hydrogen (secondary N) is 2. The summed E-state index contributed by atoms with van der Waals surface area (Å²) in [7, 11) is 0. The quantitative estimate of drug-likeness (QED) is 0.106. The highest BCUT2D eigenvalue weighted by molar-refractivity contribution is 6.42. The van der Waals surface area contributed by atoms with Gasteiger partial charge in [-0.25, -0.2) is 10.0 Å². The number of hydrazine groups is 1. The Morgan fingerprint density at radius 3 is 2.06 bits per heavy atom. The van der Waals surface area contributed by atoms with Gasteiger partial charge in [0.05, 0.1) is 27.2 Å². The minimum atomic E-state index is -0.679. The number of aryl methyl sites for hydroxylation is 1. The fourth-order valence-corrected chi connectivity index (χ4v) is 7.31. The molecule has 4 rings (SSSR count). The van der Waals surface area contributed by atoms with Crippen molar-refractivity contribution < 1.29 is 14.3 Å². The van der Waals surface area contributed by atoms with Crippen LogP contribution in [0.4, 0.5) is 17.1 Å². The number of nitrogens with zero attached hydrogens (tertiary/aromatic N) is 2. The normalized spacial score (nSPS) is 14.2. The van der Waals surface area contributed by atoms with Gasteiger partial charge in [0.1, 0.15) is 17.3 Å². The summed E-state index contributed by atoms with van der Waals surface area (Å²) in [5.74, 6) is 0.472. The number of unbranched alkanes of at least 4 members (excludes halogenated alkanes) is 12. The maximum absolute atomic E-state index is 13.2. The van der Waals surface area contributed by atoms with Gasteiger partial charge >= 0.3 is 0 Å². The van der Waals surface area contributed by atoms with Crippen molar-refractivity contribution in [1.82, 2.24) is 5.43 Å². The maximum Gasteiger partial charge on any atom is 0.265 e. The molecule has 1 heterocycles.